The van der Waals surface area contributed by atoms with Gasteiger partial charge in [0.05, 0.1) is 5.01 Å². The van der Waals surface area contributed by atoms with E-state index >= 15 is 0 Å². The van der Waals surface area contributed by atoms with E-state index in [0.29, 0.717) is 21.9 Å². The van der Waals surface area contributed by atoms with Crippen molar-refractivity contribution < 1.29 is 22.8 Å². The van der Waals surface area contributed by atoms with Gasteiger partial charge in [-0.1, -0.05) is 16.8 Å². The Hall–Kier alpha value is -2.13. The lowest BCUT2D eigenvalue weighted by Crippen LogP contribution is -2.16. The minimum atomic E-state index is -4.76. The summed E-state index contributed by atoms with van der Waals surface area (Å²) >= 11 is 6.27. The minimum absolute atomic E-state index is 0.0823. The highest BCUT2D eigenvalue weighted by atomic mass is 35.5. The molecule has 0 spiro atoms. The van der Waals surface area contributed by atoms with Gasteiger partial charge in [0, 0.05) is 10.6 Å². The van der Waals surface area contributed by atoms with Gasteiger partial charge in [0.1, 0.15) is 4.88 Å². The van der Waals surface area contributed by atoms with Gasteiger partial charge in [0.15, 0.2) is 11.5 Å². The molecule has 1 aromatic heterocycles. The summed E-state index contributed by atoms with van der Waals surface area (Å²) in [6.45, 7) is 1.35. The van der Waals surface area contributed by atoms with Crippen LogP contribution in [0.4, 0.5) is 13.2 Å². The minimum Gasteiger partial charge on any atom is -0.380 e. The molecule has 0 bridgehead atoms. The smallest absolute Gasteiger partial charge is 0.380 e. The first-order valence-corrected chi connectivity index (χ1v) is 7.23. The van der Waals surface area contributed by atoms with Crippen LogP contribution >= 0.6 is 22.9 Å². The fraction of sp³-hybridized carbons (Fsp3) is 0.154. The van der Waals surface area contributed by atoms with E-state index in [-0.39, 0.29) is 10.8 Å². The van der Waals surface area contributed by atoms with Crippen LogP contribution in [0.15, 0.2) is 29.4 Å². The number of nitrogens with two attached hydrogens (primary N) is 1. The Morgan fingerprint density at radius 2 is 1.96 bits per heavy atom. The largest absolute Gasteiger partial charge is 0.435 e. The van der Waals surface area contributed by atoms with Gasteiger partial charge in [0.25, 0.3) is 0 Å². The molecule has 5 nitrogen and oxygen atoms in total. The summed E-state index contributed by atoms with van der Waals surface area (Å²) in [4.78, 5) is 18.9. The summed E-state index contributed by atoms with van der Waals surface area (Å²) in [7, 11) is 0. The monoisotopic (exact) mass is 363 g/mol. The average molecular weight is 364 g/mol. The van der Waals surface area contributed by atoms with E-state index in [1.807, 2.05) is 0 Å². The predicted molar refractivity (Wildman–Crippen MR) is 79.4 cm³/mol. The van der Waals surface area contributed by atoms with Crippen molar-refractivity contribution in [1.82, 2.24) is 4.98 Å². The maximum absolute atomic E-state index is 12.8. The Balaban J connectivity index is 2.20. The van der Waals surface area contributed by atoms with Crippen molar-refractivity contribution in [3.63, 3.8) is 0 Å². The van der Waals surface area contributed by atoms with Crippen LogP contribution in [0, 0.1) is 6.92 Å². The SMILES string of the molecule is Cc1nc(C(F)(F)F)c(C(=O)O/N=C(/N)c2ccc(Cl)cc2)s1. The van der Waals surface area contributed by atoms with Crippen molar-refractivity contribution in [3.05, 3.63) is 50.4 Å². The van der Waals surface area contributed by atoms with Crippen LogP contribution in [0.2, 0.25) is 5.02 Å². The first kappa shape index (κ1) is 17.2. The average Bonchev–Trinajstić information content (AvgIpc) is 2.87. The number of aryl methyl sites for hydroxylation is 1. The van der Waals surface area contributed by atoms with Gasteiger partial charge >= 0.3 is 12.1 Å². The quantitative estimate of drug-likeness (QED) is 0.391. The molecule has 0 fully saturated rings. The topological polar surface area (TPSA) is 77.6 Å². The lowest BCUT2D eigenvalue weighted by molar-refractivity contribution is -0.141. The van der Waals surface area contributed by atoms with Crippen molar-refractivity contribution in [2.45, 2.75) is 13.1 Å². The fourth-order valence-corrected chi connectivity index (χ4v) is 2.50. The molecular weight excluding hydrogens is 355 g/mol. The number of nitrogens with zero attached hydrogens (tertiary/aromatic N) is 2. The molecule has 10 heteroatoms. The molecule has 0 saturated carbocycles. The third-order valence-electron chi connectivity index (χ3n) is 2.55. The lowest BCUT2D eigenvalue weighted by Gasteiger charge is -2.04. The number of rotatable bonds is 3. The summed E-state index contributed by atoms with van der Waals surface area (Å²) in [5.74, 6) is -1.45. The van der Waals surface area contributed by atoms with Crippen LogP contribution in [0.5, 0.6) is 0 Å². The van der Waals surface area contributed by atoms with Crippen LogP contribution in [-0.4, -0.2) is 16.8 Å². The predicted octanol–water partition coefficient (Wildman–Crippen LogP) is 3.60. The van der Waals surface area contributed by atoms with Crippen LogP contribution in [-0.2, 0) is 11.0 Å². The Morgan fingerprint density at radius 3 is 2.52 bits per heavy atom. The van der Waals surface area contributed by atoms with Crippen LogP contribution in [0.1, 0.15) is 25.9 Å². The molecule has 23 heavy (non-hydrogen) atoms. The molecule has 2 N–H and O–H groups in total. The number of carbonyl (C=O) groups excluding carboxylic acids is 1. The number of benzene rings is 1. The van der Waals surface area contributed by atoms with E-state index in [9.17, 15) is 18.0 Å². The van der Waals surface area contributed by atoms with Gasteiger partial charge in [-0.2, -0.15) is 13.2 Å². The second-order valence-corrected chi connectivity index (χ2v) is 5.91. The molecule has 2 rings (SSSR count). The normalized spacial score (nSPS) is 12.3. The zero-order valence-electron chi connectivity index (χ0n) is 11.5. The standard InChI is InChI=1S/C13H9ClF3N3O2S/c1-6-19-10(13(15,16)17)9(23-6)12(21)22-20-11(18)7-2-4-8(14)5-3-7/h2-5H,1H3,(H2,18,20). The van der Waals surface area contributed by atoms with Crippen molar-refractivity contribution in [3.8, 4) is 0 Å². The van der Waals surface area contributed by atoms with Gasteiger partial charge < -0.3 is 10.6 Å². The zero-order chi connectivity index (χ0) is 17.2. The lowest BCUT2D eigenvalue weighted by atomic mass is 10.2. The summed E-state index contributed by atoms with van der Waals surface area (Å²) in [6.07, 6.45) is -4.76. The molecule has 0 unspecified atom stereocenters. The van der Waals surface area contributed by atoms with Gasteiger partial charge in [0.2, 0.25) is 0 Å². The summed E-state index contributed by atoms with van der Waals surface area (Å²) in [6, 6.07) is 6.12. The van der Waals surface area contributed by atoms with Gasteiger partial charge in [-0.3, -0.25) is 0 Å². The highest BCUT2D eigenvalue weighted by Crippen LogP contribution is 2.34. The van der Waals surface area contributed by atoms with Gasteiger partial charge in [-0.25, -0.2) is 9.78 Å². The second-order valence-electron chi connectivity index (χ2n) is 4.27. The van der Waals surface area contributed by atoms with E-state index < -0.39 is 22.7 Å². The Bertz CT molecular complexity index is 757. The fourth-order valence-electron chi connectivity index (χ4n) is 1.56. The molecule has 0 aliphatic heterocycles. The van der Waals surface area contributed by atoms with E-state index in [1.54, 1.807) is 0 Å². The Labute approximate surface area is 137 Å². The first-order chi connectivity index (χ1) is 10.7. The number of thiazole rings is 1. The molecule has 1 heterocycles. The molecule has 0 aliphatic carbocycles. The third-order valence-corrected chi connectivity index (χ3v) is 3.76. The molecule has 1 aromatic carbocycles. The number of carbonyl (C=O) groups is 1. The highest BCUT2D eigenvalue weighted by Gasteiger charge is 2.39. The molecule has 0 saturated heterocycles. The van der Waals surface area contributed by atoms with E-state index in [2.05, 4.69) is 15.0 Å². The van der Waals surface area contributed by atoms with E-state index in [4.69, 9.17) is 17.3 Å². The van der Waals surface area contributed by atoms with Crippen molar-refractivity contribution in [2.24, 2.45) is 10.9 Å². The number of aromatic nitrogens is 1. The summed E-state index contributed by atoms with van der Waals surface area (Å²) < 4.78 is 38.4. The Morgan fingerprint density at radius 1 is 1.35 bits per heavy atom. The third kappa shape index (κ3) is 4.20. The highest BCUT2D eigenvalue weighted by molar-refractivity contribution is 7.13. The summed E-state index contributed by atoms with van der Waals surface area (Å²) in [5, 5.41) is 3.89. The van der Waals surface area contributed by atoms with Gasteiger partial charge in [-0.05, 0) is 31.2 Å². The number of amidine groups is 1. The number of hydrogen-bond acceptors (Lipinski definition) is 5. The maximum atomic E-state index is 12.8. The Kier molecular flexibility index (Phi) is 4.90. The maximum Gasteiger partial charge on any atom is 0.435 e. The van der Waals surface area contributed by atoms with E-state index in [0.717, 1.165) is 0 Å². The van der Waals surface area contributed by atoms with Crippen molar-refractivity contribution >= 4 is 34.7 Å². The molecule has 0 amide bonds. The first-order valence-electron chi connectivity index (χ1n) is 6.04. The second kappa shape index (κ2) is 6.55. The molecule has 0 radical (unpaired) electrons. The number of hydrogen-bond donors (Lipinski definition) is 1. The molecule has 0 atom stereocenters. The van der Waals surface area contributed by atoms with Crippen LogP contribution in [0.25, 0.3) is 0 Å². The van der Waals surface area contributed by atoms with Crippen LogP contribution in [0.3, 0.4) is 0 Å². The van der Waals surface area contributed by atoms with Gasteiger partial charge in [-0.15, -0.1) is 11.3 Å². The van der Waals surface area contributed by atoms with Crippen LogP contribution < -0.4 is 5.73 Å². The van der Waals surface area contributed by atoms with Crippen molar-refractivity contribution in [2.75, 3.05) is 0 Å². The number of halogens is 4. The number of oxime groups is 1. The summed E-state index contributed by atoms with van der Waals surface area (Å²) in [5.41, 5.74) is 4.70. The molecule has 122 valence electrons. The molecule has 0 aliphatic rings. The van der Waals surface area contributed by atoms with Crippen molar-refractivity contribution in [1.29, 1.82) is 0 Å². The zero-order valence-corrected chi connectivity index (χ0v) is 13.1. The molecule has 2 aromatic rings. The van der Waals surface area contributed by atoms with E-state index in [1.165, 1.54) is 31.2 Å². The molecular formula is C13H9ClF3N3O2S. The number of alkyl halides is 3.